The summed E-state index contributed by atoms with van der Waals surface area (Å²) in [7, 11) is 0. The molecule has 1 saturated heterocycles. The van der Waals surface area contributed by atoms with Crippen molar-refractivity contribution in [3.63, 3.8) is 0 Å². The fraction of sp³-hybridized carbons (Fsp3) is 0.562. The first kappa shape index (κ1) is 15.5. The average molecular weight is 339 g/mol. The van der Waals surface area contributed by atoms with E-state index in [1.54, 1.807) is 0 Å². The van der Waals surface area contributed by atoms with Gasteiger partial charge in [0.2, 0.25) is 5.91 Å². The van der Waals surface area contributed by atoms with Crippen LogP contribution in [0.5, 0.6) is 0 Å². The Morgan fingerprint density at radius 1 is 1.40 bits per heavy atom. The molecule has 3 nitrogen and oxygen atoms in total. The van der Waals surface area contributed by atoms with Crippen LogP contribution in [0, 0.1) is 12.8 Å². The van der Waals surface area contributed by atoms with E-state index in [1.807, 2.05) is 6.07 Å². The Labute approximate surface area is 129 Å². The van der Waals surface area contributed by atoms with Crippen molar-refractivity contribution in [3.05, 3.63) is 33.8 Å². The standard InChI is InChI=1S/C16H23BrN2O/c1-12-10-15(17)4-3-14(12)11-19-16(20)5-2-13-6-8-18-9-7-13/h3-4,10,13,18H,2,5-9,11H2,1H3,(H,19,20). The molecule has 2 N–H and O–H groups in total. The number of hydrogen-bond donors (Lipinski definition) is 2. The number of piperidine rings is 1. The maximum absolute atomic E-state index is 11.9. The molecule has 1 aromatic carbocycles. The molecule has 20 heavy (non-hydrogen) atoms. The summed E-state index contributed by atoms with van der Waals surface area (Å²) in [5.41, 5.74) is 2.39. The number of aryl methyl sites for hydroxylation is 1. The molecule has 1 amide bonds. The highest BCUT2D eigenvalue weighted by Crippen LogP contribution is 2.18. The topological polar surface area (TPSA) is 41.1 Å². The van der Waals surface area contributed by atoms with Crippen LogP contribution in [-0.4, -0.2) is 19.0 Å². The van der Waals surface area contributed by atoms with Gasteiger partial charge in [-0.15, -0.1) is 0 Å². The zero-order valence-corrected chi connectivity index (χ0v) is 13.6. The highest BCUT2D eigenvalue weighted by Gasteiger charge is 2.14. The SMILES string of the molecule is Cc1cc(Br)ccc1CNC(=O)CCC1CCNCC1. The Kier molecular flexibility index (Phi) is 6.05. The average Bonchev–Trinajstić information content (AvgIpc) is 2.45. The number of nitrogens with one attached hydrogen (secondary N) is 2. The van der Waals surface area contributed by atoms with Crippen LogP contribution in [0.2, 0.25) is 0 Å². The lowest BCUT2D eigenvalue weighted by molar-refractivity contribution is -0.121. The van der Waals surface area contributed by atoms with Gasteiger partial charge in [-0.1, -0.05) is 22.0 Å². The quantitative estimate of drug-likeness (QED) is 0.865. The van der Waals surface area contributed by atoms with E-state index in [9.17, 15) is 4.79 Å². The monoisotopic (exact) mass is 338 g/mol. The molecule has 0 bridgehead atoms. The van der Waals surface area contributed by atoms with Gasteiger partial charge in [0.05, 0.1) is 0 Å². The molecule has 2 rings (SSSR count). The first-order valence-corrected chi connectivity index (χ1v) is 8.17. The minimum absolute atomic E-state index is 0.172. The summed E-state index contributed by atoms with van der Waals surface area (Å²) in [6, 6.07) is 6.16. The summed E-state index contributed by atoms with van der Waals surface area (Å²) in [5, 5.41) is 6.38. The number of hydrogen-bond acceptors (Lipinski definition) is 2. The van der Waals surface area contributed by atoms with E-state index >= 15 is 0 Å². The van der Waals surface area contributed by atoms with Crippen LogP contribution in [0.4, 0.5) is 0 Å². The summed E-state index contributed by atoms with van der Waals surface area (Å²) < 4.78 is 1.08. The van der Waals surface area contributed by atoms with Crippen molar-refractivity contribution in [2.45, 2.75) is 39.2 Å². The van der Waals surface area contributed by atoms with Crippen molar-refractivity contribution in [2.24, 2.45) is 5.92 Å². The van der Waals surface area contributed by atoms with Crippen LogP contribution < -0.4 is 10.6 Å². The van der Waals surface area contributed by atoms with Crippen LogP contribution in [-0.2, 0) is 11.3 Å². The fourth-order valence-corrected chi connectivity index (χ4v) is 3.12. The summed E-state index contributed by atoms with van der Waals surface area (Å²) in [6.07, 6.45) is 4.09. The number of carbonyl (C=O) groups excluding carboxylic acids is 1. The van der Waals surface area contributed by atoms with Crippen molar-refractivity contribution >= 4 is 21.8 Å². The third-order valence-corrected chi connectivity index (χ3v) is 4.51. The zero-order valence-electron chi connectivity index (χ0n) is 12.0. The summed E-state index contributed by atoms with van der Waals surface area (Å²) in [6.45, 7) is 4.90. The third-order valence-electron chi connectivity index (χ3n) is 4.02. The molecule has 0 atom stereocenters. The molecule has 0 aromatic heterocycles. The van der Waals surface area contributed by atoms with Gasteiger partial charge < -0.3 is 10.6 Å². The molecule has 0 spiro atoms. The molecular weight excluding hydrogens is 316 g/mol. The highest BCUT2D eigenvalue weighted by molar-refractivity contribution is 9.10. The van der Waals surface area contributed by atoms with Crippen LogP contribution in [0.15, 0.2) is 22.7 Å². The molecule has 0 aliphatic carbocycles. The van der Waals surface area contributed by atoms with Gasteiger partial charge in [-0.25, -0.2) is 0 Å². The van der Waals surface area contributed by atoms with E-state index in [4.69, 9.17) is 0 Å². The normalized spacial score (nSPS) is 16.1. The molecule has 1 aliphatic heterocycles. The number of carbonyl (C=O) groups is 1. The van der Waals surface area contributed by atoms with Gasteiger partial charge >= 0.3 is 0 Å². The van der Waals surface area contributed by atoms with Gasteiger partial charge in [0.1, 0.15) is 0 Å². The van der Waals surface area contributed by atoms with Crippen LogP contribution in [0.1, 0.15) is 36.8 Å². The second-order valence-corrected chi connectivity index (χ2v) is 6.50. The maximum atomic E-state index is 11.9. The first-order chi connectivity index (χ1) is 9.65. The van der Waals surface area contributed by atoms with E-state index in [2.05, 4.69) is 45.6 Å². The molecular formula is C16H23BrN2O. The predicted octanol–water partition coefficient (Wildman–Crippen LogP) is 3.15. The van der Waals surface area contributed by atoms with E-state index in [0.717, 1.165) is 29.9 Å². The number of benzene rings is 1. The van der Waals surface area contributed by atoms with Gasteiger partial charge in [0, 0.05) is 17.4 Å². The summed E-state index contributed by atoms with van der Waals surface area (Å²) in [4.78, 5) is 11.9. The van der Waals surface area contributed by atoms with Crippen molar-refractivity contribution in [3.8, 4) is 0 Å². The fourth-order valence-electron chi connectivity index (χ4n) is 2.65. The molecule has 0 unspecified atom stereocenters. The molecule has 1 fully saturated rings. The van der Waals surface area contributed by atoms with Gasteiger partial charge in [-0.05, 0) is 68.5 Å². The highest BCUT2D eigenvalue weighted by atomic mass is 79.9. The zero-order chi connectivity index (χ0) is 14.4. The minimum atomic E-state index is 0.172. The number of rotatable bonds is 5. The summed E-state index contributed by atoms with van der Waals surface area (Å²) >= 11 is 3.45. The van der Waals surface area contributed by atoms with Crippen molar-refractivity contribution in [1.29, 1.82) is 0 Å². The molecule has 1 heterocycles. The Morgan fingerprint density at radius 2 is 2.15 bits per heavy atom. The molecule has 1 aliphatic rings. The van der Waals surface area contributed by atoms with E-state index in [1.165, 1.54) is 24.0 Å². The number of amides is 1. The minimum Gasteiger partial charge on any atom is -0.352 e. The lowest BCUT2D eigenvalue weighted by atomic mass is 9.93. The smallest absolute Gasteiger partial charge is 0.220 e. The Hall–Kier alpha value is -0.870. The number of halogens is 1. The first-order valence-electron chi connectivity index (χ1n) is 7.37. The van der Waals surface area contributed by atoms with E-state index in [0.29, 0.717) is 13.0 Å². The summed E-state index contributed by atoms with van der Waals surface area (Å²) in [5.74, 6) is 0.891. The molecule has 0 radical (unpaired) electrons. The molecule has 4 heteroatoms. The van der Waals surface area contributed by atoms with Crippen molar-refractivity contribution < 1.29 is 4.79 Å². The van der Waals surface area contributed by atoms with Crippen molar-refractivity contribution in [1.82, 2.24) is 10.6 Å². The second kappa shape index (κ2) is 7.79. The van der Waals surface area contributed by atoms with Gasteiger partial charge in [-0.3, -0.25) is 4.79 Å². The molecule has 110 valence electrons. The van der Waals surface area contributed by atoms with Crippen LogP contribution >= 0.6 is 15.9 Å². The maximum Gasteiger partial charge on any atom is 0.220 e. The van der Waals surface area contributed by atoms with Crippen LogP contribution in [0.25, 0.3) is 0 Å². The Morgan fingerprint density at radius 3 is 2.85 bits per heavy atom. The lowest BCUT2D eigenvalue weighted by Crippen LogP contribution is -2.29. The van der Waals surface area contributed by atoms with Gasteiger partial charge in [-0.2, -0.15) is 0 Å². The van der Waals surface area contributed by atoms with Crippen molar-refractivity contribution in [2.75, 3.05) is 13.1 Å². The van der Waals surface area contributed by atoms with Gasteiger partial charge in [0.25, 0.3) is 0 Å². The Balaban J connectivity index is 1.71. The van der Waals surface area contributed by atoms with Crippen LogP contribution in [0.3, 0.4) is 0 Å². The van der Waals surface area contributed by atoms with Gasteiger partial charge in [0.15, 0.2) is 0 Å². The second-order valence-electron chi connectivity index (χ2n) is 5.58. The Bertz CT molecular complexity index is 456. The lowest BCUT2D eigenvalue weighted by Gasteiger charge is -2.22. The van der Waals surface area contributed by atoms with E-state index < -0.39 is 0 Å². The molecule has 1 aromatic rings. The molecule has 0 saturated carbocycles. The third kappa shape index (κ3) is 4.91. The largest absolute Gasteiger partial charge is 0.352 e. The predicted molar refractivity (Wildman–Crippen MR) is 85.6 cm³/mol. The van der Waals surface area contributed by atoms with E-state index in [-0.39, 0.29) is 5.91 Å².